The minimum Gasteiger partial charge on any atom is -0.362 e. The number of pyridine rings is 3. The van der Waals surface area contributed by atoms with Crippen LogP contribution in [0.4, 0.5) is 34.3 Å². The first-order chi connectivity index (χ1) is 24.3. The van der Waals surface area contributed by atoms with Gasteiger partial charge in [-0.1, -0.05) is 60.7 Å². The van der Waals surface area contributed by atoms with Crippen LogP contribution < -0.4 is 26.3 Å². The van der Waals surface area contributed by atoms with Gasteiger partial charge in [-0.05, 0) is 77.7 Å². The number of benzene rings is 4. The Labute approximate surface area is 280 Å². The molecule has 7 nitrogen and oxygen atoms in total. The molecule has 0 fully saturated rings. The first-order valence-corrected chi connectivity index (χ1v) is 16.6. The molecule has 0 atom stereocenters. The minimum atomic E-state index is -0.112. The summed E-state index contributed by atoms with van der Waals surface area (Å²) >= 11 is 0. The number of hydrogen-bond donors (Lipinski definition) is 1. The van der Waals surface area contributed by atoms with Gasteiger partial charge >= 0.3 is 0 Å². The number of anilines is 6. The second-order valence-electron chi connectivity index (χ2n) is 13.0. The number of aromatic nitrogens is 5. The number of H-pyrrole nitrogens is 1. The molecule has 0 radical (unpaired) electrons. The van der Waals surface area contributed by atoms with E-state index < -0.39 is 0 Å². The summed E-state index contributed by atoms with van der Waals surface area (Å²) in [5, 5.41) is 3.47. The smallest absolute Gasteiger partial charge is 0.274 e. The number of hydrogen-bond acceptors (Lipinski definition) is 5. The van der Waals surface area contributed by atoms with Crippen LogP contribution in [-0.2, 0) is 0 Å². The van der Waals surface area contributed by atoms with Gasteiger partial charge in [-0.25, -0.2) is 4.98 Å². The molecule has 8 heteroatoms. The van der Waals surface area contributed by atoms with Crippen molar-refractivity contribution in [1.82, 2.24) is 24.3 Å². The Hall–Kier alpha value is -6.67. The van der Waals surface area contributed by atoms with E-state index in [0.29, 0.717) is 0 Å². The van der Waals surface area contributed by atoms with Crippen LogP contribution in [0.1, 0.15) is 0 Å². The maximum absolute atomic E-state index is 5.67. The van der Waals surface area contributed by atoms with Crippen LogP contribution in [0, 0.1) is 0 Å². The molecule has 226 valence electrons. The second kappa shape index (κ2) is 9.02. The van der Waals surface area contributed by atoms with Crippen molar-refractivity contribution in [3.8, 4) is 0 Å². The summed E-state index contributed by atoms with van der Waals surface area (Å²) in [6, 6.07) is 45.1. The van der Waals surface area contributed by atoms with Crippen LogP contribution in [0.25, 0.3) is 49.4 Å². The van der Waals surface area contributed by atoms with Gasteiger partial charge in [-0.15, -0.1) is 0 Å². The maximum Gasteiger partial charge on any atom is 0.274 e. The van der Waals surface area contributed by atoms with Crippen LogP contribution in [0.15, 0.2) is 140 Å². The topological polar surface area (TPSA) is 65.4 Å². The molecular formula is C41H24BN7. The van der Waals surface area contributed by atoms with Crippen LogP contribution in [-0.4, -0.2) is 31.0 Å². The van der Waals surface area contributed by atoms with Crippen molar-refractivity contribution in [1.29, 1.82) is 0 Å². The van der Waals surface area contributed by atoms with Crippen molar-refractivity contribution >= 4 is 107 Å². The Morgan fingerprint density at radius 1 is 0.592 bits per heavy atom. The third-order valence-electron chi connectivity index (χ3n) is 10.5. The summed E-state index contributed by atoms with van der Waals surface area (Å²) in [5.74, 6) is 0.920. The number of rotatable bonds is 2. The molecule has 12 rings (SSSR count). The van der Waals surface area contributed by atoms with Crippen LogP contribution in [0.5, 0.6) is 0 Å². The molecule has 0 bridgehead atoms. The number of aromatic amines is 1. The SMILES string of the molecule is c1ccc(N2c3cccc4c3B(c3cc5c6nccc7c8ccccc8n(c5nc32)c76)c2[nH]c3cccnc3c2N4c2ccccc2)cc1. The summed E-state index contributed by atoms with van der Waals surface area (Å²) in [4.78, 5) is 24.2. The fourth-order valence-corrected chi connectivity index (χ4v) is 8.64. The van der Waals surface area contributed by atoms with Crippen molar-refractivity contribution in [3.63, 3.8) is 0 Å². The van der Waals surface area contributed by atoms with Crippen molar-refractivity contribution < 1.29 is 0 Å². The molecule has 10 aromatic rings. The van der Waals surface area contributed by atoms with Gasteiger partial charge in [0.05, 0.1) is 27.8 Å². The summed E-state index contributed by atoms with van der Waals surface area (Å²) in [6.45, 7) is -0.112. The summed E-state index contributed by atoms with van der Waals surface area (Å²) in [6.07, 6.45) is 3.82. The highest BCUT2D eigenvalue weighted by Crippen LogP contribution is 2.46. The zero-order valence-corrected chi connectivity index (χ0v) is 26.0. The number of nitrogens with one attached hydrogen (secondary N) is 1. The van der Waals surface area contributed by atoms with Gasteiger partial charge in [-0.2, -0.15) is 0 Å². The average Bonchev–Trinajstić information content (AvgIpc) is 3.82. The standard InChI is InChI=1S/C41H24BN7/c1-3-11-24(12-4-1)47-32-18-9-19-33-34(32)42(39-38(47)36-30(45-39)16-10-21-43-36)29-23-28-35-37-27(20-22-44-35)26-15-7-8-17-31(26)49(37)40(28)46-41(29)48(33)25-13-5-2-6-14-25/h1-23,45H. The largest absolute Gasteiger partial charge is 0.362 e. The zero-order chi connectivity index (χ0) is 31.8. The lowest BCUT2D eigenvalue weighted by atomic mass is 9.35. The highest BCUT2D eigenvalue weighted by molar-refractivity contribution is 7.00. The van der Waals surface area contributed by atoms with E-state index in [1.807, 2.05) is 18.5 Å². The molecule has 49 heavy (non-hydrogen) atoms. The number of nitrogens with zero attached hydrogens (tertiary/aromatic N) is 6. The molecule has 2 aliphatic heterocycles. The van der Waals surface area contributed by atoms with Gasteiger partial charge in [0.1, 0.15) is 17.0 Å². The third kappa shape index (κ3) is 3.11. The molecule has 0 saturated carbocycles. The molecule has 1 N–H and O–H groups in total. The van der Waals surface area contributed by atoms with Crippen LogP contribution in [0.3, 0.4) is 0 Å². The van der Waals surface area contributed by atoms with Gasteiger partial charge in [-0.3, -0.25) is 19.3 Å². The highest BCUT2D eigenvalue weighted by atomic mass is 15.2. The minimum absolute atomic E-state index is 0.112. The molecule has 6 aromatic heterocycles. The van der Waals surface area contributed by atoms with E-state index in [9.17, 15) is 0 Å². The van der Waals surface area contributed by atoms with Gasteiger partial charge in [0.2, 0.25) is 0 Å². The first-order valence-electron chi connectivity index (χ1n) is 16.6. The summed E-state index contributed by atoms with van der Waals surface area (Å²) in [7, 11) is 0. The van der Waals surface area contributed by atoms with Crippen molar-refractivity contribution in [3.05, 3.63) is 140 Å². The van der Waals surface area contributed by atoms with Crippen molar-refractivity contribution in [2.24, 2.45) is 0 Å². The Kier molecular flexibility index (Phi) is 4.68. The first kappa shape index (κ1) is 25.4. The van der Waals surface area contributed by atoms with E-state index in [0.717, 1.165) is 83.9 Å². The number of fused-ring (bicyclic) bond motifs is 12. The van der Waals surface area contributed by atoms with E-state index in [4.69, 9.17) is 15.0 Å². The molecule has 2 aliphatic rings. The lowest BCUT2D eigenvalue weighted by Gasteiger charge is -2.42. The molecule has 0 aliphatic carbocycles. The Balaban J connectivity index is 1.26. The van der Waals surface area contributed by atoms with Gasteiger partial charge in [0, 0.05) is 56.9 Å². The predicted octanol–water partition coefficient (Wildman–Crippen LogP) is 7.59. The summed E-state index contributed by atoms with van der Waals surface area (Å²) < 4.78 is 2.31. The van der Waals surface area contributed by atoms with Crippen LogP contribution >= 0.6 is 0 Å². The average molecular weight is 626 g/mol. The number of para-hydroxylation sites is 3. The van der Waals surface area contributed by atoms with E-state index >= 15 is 0 Å². The quantitative estimate of drug-likeness (QED) is 0.201. The van der Waals surface area contributed by atoms with E-state index in [1.165, 1.54) is 16.2 Å². The normalized spacial score (nSPS) is 13.6. The van der Waals surface area contributed by atoms with E-state index in [-0.39, 0.29) is 6.71 Å². The van der Waals surface area contributed by atoms with Gasteiger partial charge < -0.3 is 9.88 Å². The molecule has 8 heterocycles. The predicted molar refractivity (Wildman–Crippen MR) is 200 cm³/mol. The molecule has 0 spiro atoms. The third-order valence-corrected chi connectivity index (χ3v) is 10.5. The molecular weight excluding hydrogens is 601 g/mol. The van der Waals surface area contributed by atoms with E-state index in [2.05, 4.69) is 141 Å². The van der Waals surface area contributed by atoms with Gasteiger partial charge in [0.25, 0.3) is 6.71 Å². The maximum atomic E-state index is 5.67. The lowest BCUT2D eigenvalue weighted by molar-refractivity contribution is 1.18. The monoisotopic (exact) mass is 625 g/mol. The molecule has 4 aromatic carbocycles. The van der Waals surface area contributed by atoms with Gasteiger partial charge in [0.15, 0.2) is 0 Å². The molecule has 0 amide bonds. The van der Waals surface area contributed by atoms with E-state index in [1.54, 1.807) is 0 Å². The lowest BCUT2D eigenvalue weighted by Crippen LogP contribution is -2.62. The second-order valence-corrected chi connectivity index (χ2v) is 13.0. The van der Waals surface area contributed by atoms with Crippen LogP contribution in [0.2, 0.25) is 0 Å². The van der Waals surface area contributed by atoms with Crippen molar-refractivity contribution in [2.75, 3.05) is 9.80 Å². The Bertz CT molecular complexity index is 2970. The fraction of sp³-hybridized carbons (Fsp3) is 0. The highest BCUT2D eigenvalue weighted by Gasteiger charge is 2.46. The zero-order valence-electron chi connectivity index (χ0n) is 26.0. The summed E-state index contributed by atoms with van der Waals surface area (Å²) in [5.41, 5.74) is 15.1. The molecule has 0 saturated heterocycles. The Morgan fingerprint density at radius 2 is 1.33 bits per heavy atom. The molecule has 0 unspecified atom stereocenters. The Morgan fingerprint density at radius 3 is 2.16 bits per heavy atom. The fourth-order valence-electron chi connectivity index (χ4n) is 8.64. The van der Waals surface area contributed by atoms with Crippen molar-refractivity contribution in [2.45, 2.75) is 0 Å².